The zero-order valence-electron chi connectivity index (χ0n) is 28.0. The van der Waals surface area contributed by atoms with Gasteiger partial charge < -0.3 is 43.7 Å². The molecule has 2 saturated carbocycles. The number of carbonyl (C=O) groups is 2. The van der Waals surface area contributed by atoms with Crippen molar-refractivity contribution >= 4 is 11.9 Å². The van der Waals surface area contributed by atoms with Crippen LogP contribution < -0.4 is 4.74 Å². The molecule has 0 amide bonds. The zero-order valence-corrected chi connectivity index (χ0v) is 28.0. The minimum Gasteiger partial charge on any atom is -0.497 e. The summed E-state index contributed by atoms with van der Waals surface area (Å²) in [5.41, 5.74) is -3.70. The zero-order chi connectivity index (χ0) is 34.4. The van der Waals surface area contributed by atoms with Crippen molar-refractivity contribution in [1.29, 1.82) is 0 Å². The summed E-state index contributed by atoms with van der Waals surface area (Å²) in [7, 11) is 1.58. The molecule has 4 fully saturated rings. The molecule has 48 heavy (non-hydrogen) atoms. The fourth-order valence-corrected chi connectivity index (χ4v) is 9.40. The van der Waals surface area contributed by atoms with Crippen LogP contribution in [0.3, 0.4) is 0 Å². The molecule has 0 spiro atoms. The van der Waals surface area contributed by atoms with E-state index in [9.17, 15) is 24.9 Å². The predicted octanol–water partition coefficient (Wildman–Crippen LogP) is 3.64. The predicted molar refractivity (Wildman–Crippen MR) is 170 cm³/mol. The third-order valence-electron chi connectivity index (χ3n) is 12.0. The van der Waals surface area contributed by atoms with Gasteiger partial charge in [0.25, 0.3) is 0 Å². The summed E-state index contributed by atoms with van der Waals surface area (Å²) in [6.07, 6.45) is -7.16. The lowest BCUT2D eigenvalue weighted by molar-refractivity contribution is -0.362. The summed E-state index contributed by atoms with van der Waals surface area (Å²) in [5, 5.41) is 37.1. The van der Waals surface area contributed by atoms with Crippen molar-refractivity contribution in [3.05, 3.63) is 76.9 Å². The molecular weight excluding hydrogens is 620 g/mol. The number of aliphatic hydroxyl groups is 3. The van der Waals surface area contributed by atoms with Gasteiger partial charge in [0.05, 0.1) is 43.5 Å². The molecule has 7 rings (SSSR count). The monoisotopic (exact) mass is 664 g/mol. The van der Waals surface area contributed by atoms with E-state index in [1.807, 2.05) is 39.8 Å². The minimum absolute atomic E-state index is 0.0510. The highest BCUT2D eigenvalue weighted by Gasteiger charge is 2.79. The van der Waals surface area contributed by atoms with Crippen molar-refractivity contribution in [3.8, 4) is 5.75 Å². The van der Waals surface area contributed by atoms with Gasteiger partial charge >= 0.3 is 11.9 Å². The number of rotatable bonds is 5. The van der Waals surface area contributed by atoms with Gasteiger partial charge in [0.15, 0.2) is 11.9 Å². The molecule has 2 bridgehead atoms. The fourth-order valence-electron chi connectivity index (χ4n) is 9.40. The van der Waals surface area contributed by atoms with Gasteiger partial charge in [-0.2, -0.15) is 0 Å². The van der Waals surface area contributed by atoms with Crippen LogP contribution in [0, 0.1) is 16.7 Å². The lowest BCUT2D eigenvalue weighted by Crippen LogP contribution is -2.82. The molecule has 3 N–H and O–H groups in total. The van der Waals surface area contributed by atoms with E-state index in [4.69, 9.17) is 28.4 Å². The highest BCUT2D eigenvalue weighted by Crippen LogP contribution is 2.67. The van der Waals surface area contributed by atoms with Gasteiger partial charge in [-0.05, 0) is 42.3 Å². The highest BCUT2D eigenvalue weighted by atomic mass is 16.7. The van der Waals surface area contributed by atoms with E-state index >= 15 is 0 Å². The summed E-state index contributed by atoms with van der Waals surface area (Å²) < 4.78 is 37.6. The first-order valence-corrected chi connectivity index (χ1v) is 16.5. The molecule has 2 heterocycles. The number of hydrogen-bond acceptors (Lipinski definition) is 11. The smallest absolute Gasteiger partial charge is 0.338 e. The Kier molecular flexibility index (Phi) is 7.86. The number of fused-ring (bicyclic) bond motifs is 8. The Hall–Kier alpha value is -3.32. The highest BCUT2D eigenvalue weighted by molar-refractivity contribution is 5.89. The molecule has 2 aromatic rings. The van der Waals surface area contributed by atoms with Gasteiger partial charge in [0.1, 0.15) is 29.7 Å². The van der Waals surface area contributed by atoms with E-state index in [-0.39, 0.29) is 25.0 Å². The number of benzene rings is 2. The van der Waals surface area contributed by atoms with Gasteiger partial charge in [0.2, 0.25) is 0 Å². The number of hydrogen-bond donors (Lipinski definition) is 3. The Morgan fingerprint density at radius 2 is 1.67 bits per heavy atom. The summed E-state index contributed by atoms with van der Waals surface area (Å²) in [5.74, 6) is -1.70. The van der Waals surface area contributed by atoms with Crippen molar-refractivity contribution in [1.82, 2.24) is 0 Å². The molecule has 0 aromatic heterocycles. The van der Waals surface area contributed by atoms with Crippen molar-refractivity contribution in [2.75, 3.05) is 13.7 Å². The maximum Gasteiger partial charge on any atom is 0.338 e. The molecule has 5 aliphatic rings. The average Bonchev–Trinajstić information content (AvgIpc) is 3.49. The summed E-state index contributed by atoms with van der Waals surface area (Å²) in [6.45, 7) is 8.57. The molecule has 3 aliphatic carbocycles. The number of methoxy groups -OCH3 is 1. The number of carbonyl (C=O) groups excluding carboxylic acids is 2. The molecule has 2 saturated heterocycles. The lowest BCUT2D eigenvalue weighted by Gasteiger charge is -2.68. The van der Waals surface area contributed by atoms with E-state index in [0.717, 1.165) is 0 Å². The van der Waals surface area contributed by atoms with E-state index < -0.39 is 82.8 Å². The summed E-state index contributed by atoms with van der Waals surface area (Å²) in [4.78, 5) is 26.9. The van der Waals surface area contributed by atoms with Crippen LogP contribution in [0.5, 0.6) is 5.75 Å². The molecule has 258 valence electrons. The minimum atomic E-state index is -1.94. The van der Waals surface area contributed by atoms with Gasteiger partial charge in [-0.3, -0.25) is 4.79 Å². The van der Waals surface area contributed by atoms with Gasteiger partial charge in [-0.25, -0.2) is 4.79 Å². The van der Waals surface area contributed by atoms with Crippen molar-refractivity contribution in [2.45, 2.75) is 102 Å². The Balaban J connectivity index is 1.48. The third kappa shape index (κ3) is 4.55. The van der Waals surface area contributed by atoms with Crippen LogP contribution in [0.15, 0.2) is 65.7 Å². The second-order valence-electron chi connectivity index (χ2n) is 14.7. The average molecular weight is 665 g/mol. The number of aliphatic hydroxyl groups excluding tert-OH is 2. The SMILES string of the molecule is COc1ccc(C2O[C@@H]3C4=C(C)[C@@H](O)C[C@@](O)([C@@H](OC(=O)c5ccccc5)[C@@H]5[C@]6(OC(C)=O)CO[C@@H]6C[C@H](O)[C@@]5(C)[C@@H]3O2)C4(C)C)cc1. The molecule has 2 aromatic carbocycles. The molecule has 11 heteroatoms. The summed E-state index contributed by atoms with van der Waals surface area (Å²) in [6, 6.07) is 15.7. The van der Waals surface area contributed by atoms with E-state index in [1.165, 1.54) is 6.92 Å². The van der Waals surface area contributed by atoms with Crippen molar-refractivity contribution < 1.29 is 53.3 Å². The Morgan fingerprint density at radius 1 is 0.979 bits per heavy atom. The first kappa shape index (κ1) is 33.2. The van der Waals surface area contributed by atoms with E-state index in [0.29, 0.717) is 22.5 Å². The molecule has 11 atom stereocenters. The van der Waals surface area contributed by atoms with E-state index in [1.54, 1.807) is 49.6 Å². The van der Waals surface area contributed by atoms with E-state index in [2.05, 4.69) is 0 Å². The number of esters is 2. The fraction of sp³-hybridized carbons (Fsp3) is 0.568. The van der Waals surface area contributed by atoms with Gasteiger partial charge in [-0.15, -0.1) is 0 Å². The van der Waals surface area contributed by atoms with Crippen molar-refractivity contribution in [3.63, 3.8) is 0 Å². The molecule has 2 aliphatic heterocycles. The van der Waals surface area contributed by atoms with Crippen LogP contribution in [-0.2, 0) is 28.5 Å². The van der Waals surface area contributed by atoms with Crippen LogP contribution in [-0.4, -0.2) is 88.8 Å². The largest absolute Gasteiger partial charge is 0.497 e. The second-order valence-corrected chi connectivity index (χ2v) is 14.7. The summed E-state index contributed by atoms with van der Waals surface area (Å²) >= 11 is 0. The molecular formula is C37H44O11. The number of ether oxygens (including phenoxy) is 6. The van der Waals surface area contributed by atoms with Crippen LogP contribution in [0.2, 0.25) is 0 Å². The third-order valence-corrected chi connectivity index (χ3v) is 12.0. The van der Waals surface area contributed by atoms with Crippen LogP contribution in [0.25, 0.3) is 0 Å². The van der Waals surface area contributed by atoms with Gasteiger partial charge in [0, 0.05) is 36.2 Å². The van der Waals surface area contributed by atoms with Crippen LogP contribution in [0.1, 0.15) is 69.7 Å². The second kappa shape index (κ2) is 11.4. The maximum atomic E-state index is 14.0. The topological polar surface area (TPSA) is 150 Å². The molecule has 0 radical (unpaired) electrons. The van der Waals surface area contributed by atoms with Crippen LogP contribution in [0.4, 0.5) is 0 Å². The molecule has 11 nitrogen and oxygen atoms in total. The van der Waals surface area contributed by atoms with Crippen molar-refractivity contribution in [2.24, 2.45) is 16.7 Å². The van der Waals surface area contributed by atoms with Crippen LogP contribution >= 0.6 is 0 Å². The standard InChI is InChI=1S/C37H44O11/c1-19-24(39)17-37(42)31(46-32(41)21-10-8-7-9-11-21)29-35(5,25(40)16-26-36(29,18-44-26)48-20(2)38)30-28(27(19)34(37,3)4)45-33(47-30)22-12-14-23(43-6)15-13-22/h7-15,24-26,28-31,33,39-40,42H,16-18H2,1-6H3/t24-,25-,26+,28+,29-,30+,31-,33?,35+,36-,37+/m0/s1. The Morgan fingerprint density at radius 3 is 2.27 bits per heavy atom. The Labute approximate surface area is 279 Å². The Bertz CT molecular complexity index is 1620. The quantitative estimate of drug-likeness (QED) is 0.318. The van der Waals surface area contributed by atoms with Gasteiger partial charge in [-0.1, -0.05) is 51.1 Å². The first-order chi connectivity index (χ1) is 22.7. The first-order valence-electron chi connectivity index (χ1n) is 16.5. The molecule has 1 unspecified atom stereocenters. The maximum absolute atomic E-state index is 14.0. The normalized spacial score (nSPS) is 41.0. The lowest BCUT2D eigenvalue weighted by atomic mass is 9.44.